The molecule has 108 valence electrons. The summed E-state index contributed by atoms with van der Waals surface area (Å²) in [6, 6.07) is 0.453. The van der Waals surface area contributed by atoms with Gasteiger partial charge in [0.2, 0.25) is 0 Å². The van der Waals surface area contributed by atoms with Gasteiger partial charge in [-0.2, -0.15) is 11.8 Å². The number of rotatable bonds is 8. The minimum atomic E-state index is -0.211. The molecule has 0 aliphatic rings. The van der Waals surface area contributed by atoms with Crippen molar-refractivity contribution in [1.29, 1.82) is 0 Å². The molecule has 1 aromatic heterocycles. The topological polar surface area (TPSA) is 42.4 Å². The Morgan fingerprint density at radius 1 is 1.63 bits per heavy atom. The maximum atomic E-state index is 11.4. The molecule has 0 aromatic carbocycles. The average Bonchev–Trinajstić information content (AvgIpc) is 2.83. The number of nitrogens with zero attached hydrogens (tertiary/aromatic N) is 2. The van der Waals surface area contributed by atoms with Crippen molar-refractivity contribution in [2.75, 3.05) is 30.6 Å². The average molecular weight is 302 g/mol. The molecular weight excluding hydrogens is 280 g/mol. The second-order valence-electron chi connectivity index (χ2n) is 4.34. The zero-order valence-electron chi connectivity index (χ0n) is 12.0. The standard InChI is InChI=1S/C13H22N2O2S2/c1-5-17-12(16)8-11-9-19-13(14-11)15(3)10(2)6-7-18-4/h9-10H,5-8H2,1-4H3. The second kappa shape index (κ2) is 8.43. The summed E-state index contributed by atoms with van der Waals surface area (Å²) in [6.45, 7) is 4.43. The third kappa shape index (κ3) is 5.40. The lowest BCUT2D eigenvalue weighted by Crippen LogP contribution is -2.29. The van der Waals surface area contributed by atoms with Crippen molar-refractivity contribution < 1.29 is 9.53 Å². The molecule has 19 heavy (non-hydrogen) atoms. The molecule has 0 saturated heterocycles. The fourth-order valence-electron chi connectivity index (χ4n) is 1.57. The van der Waals surface area contributed by atoms with Gasteiger partial charge >= 0.3 is 5.97 Å². The van der Waals surface area contributed by atoms with Crippen LogP contribution in [-0.4, -0.2) is 42.7 Å². The molecule has 0 N–H and O–H groups in total. The van der Waals surface area contributed by atoms with Gasteiger partial charge in [0.15, 0.2) is 5.13 Å². The van der Waals surface area contributed by atoms with Crippen LogP contribution >= 0.6 is 23.1 Å². The number of carbonyl (C=O) groups is 1. The first-order valence-electron chi connectivity index (χ1n) is 6.40. The highest BCUT2D eigenvalue weighted by molar-refractivity contribution is 7.98. The van der Waals surface area contributed by atoms with Gasteiger partial charge in [-0.3, -0.25) is 4.79 Å². The SMILES string of the molecule is CCOC(=O)Cc1csc(N(C)C(C)CCSC)n1. The third-order valence-corrected chi connectivity index (χ3v) is 4.50. The zero-order chi connectivity index (χ0) is 14.3. The number of hydrogen-bond donors (Lipinski definition) is 0. The van der Waals surface area contributed by atoms with E-state index in [1.54, 1.807) is 11.3 Å². The minimum Gasteiger partial charge on any atom is -0.466 e. The fraction of sp³-hybridized carbons (Fsp3) is 0.692. The molecule has 1 rings (SSSR count). The highest BCUT2D eigenvalue weighted by Crippen LogP contribution is 2.23. The molecule has 0 radical (unpaired) electrons. The number of thiazole rings is 1. The molecule has 0 spiro atoms. The molecule has 1 heterocycles. The van der Waals surface area contributed by atoms with E-state index in [4.69, 9.17) is 4.74 Å². The van der Waals surface area contributed by atoms with E-state index in [0.29, 0.717) is 12.6 Å². The normalized spacial score (nSPS) is 12.2. The summed E-state index contributed by atoms with van der Waals surface area (Å²) >= 11 is 3.44. The maximum Gasteiger partial charge on any atom is 0.311 e. The predicted molar refractivity (Wildman–Crippen MR) is 83.3 cm³/mol. The van der Waals surface area contributed by atoms with Crippen molar-refractivity contribution >= 4 is 34.2 Å². The molecule has 0 saturated carbocycles. The third-order valence-electron chi connectivity index (χ3n) is 2.87. The van der Waals surface area contributed by atoms with E-state index >= 15 is 0 Å². The van der Waals surface area contributed by atoms with E-state index in [1.165, 1.54) is 0 Å². The van der Waals surface area contributed by atoms with Crippen molar-refractivity contribution in [1.82, 2.24) is 4.98 Å². The predicted octanol–water partition coefficient (Wildman–Crippen LogP) is 2.83. The molecule has 4 nitrogen and oxygen atoms in total. The highest BCUT2D eigenvalue weighted by Gasteiger charge is 2.14. The van der Waals surface area contributed by atoms with Gasteiger partial charge < -0.3 is 9.64 Å². The summed E-state index contributed by atoms with van der Waals surface area (Å²) in [5.74, 6) is 0.935. The van der Waals surface area contributed by atoms with Gasteiger partial charge in [-0.05, 0) is 32.3 Å². The van der Waals surface area contributed by atoms with Crippen molar-refractivity contribution in [2.24, 2.45) is 0 Å². The molecule has 0 amide bonds. The Balaban J connectivity index is 2.55. The molecule has 0 aliphatic heterocycles. The first kappa shape index (κ1) is 16.3. The smallest absolute Gasteiger partial charge is 0.311 e. The van der Waals surface area contributed by atoms with Gasteiger partial charge in [-0.15, -0.1) is 11.3 Å². The Hall–Kier alpha value is -0.750. The van der Waals surface area contributed by atoms with E-state index in [9.17, 15) is 4.79 Å². The number of thioether (sulfide) groups is 1. The van der Waals surface area contributed by atoms with Crippen LogP contribution in [0.1, 0.15) is 26.0 Å². The zero-order valence-corrected chi connectivity index (χ0v) is 13.6. The molecule has 1 unspecified atom stereocenters. The van der Waals surface area contributed by atoms with Gasteiger partial charge in [0.05, 0.1) is 18.7 Å². The Morgan fingerprint density at radius 3 is 3.00 bits per heavy atom. The number of carbonyl (C=O) groups excluding carboxylic acids is 1. The quantitative estimate of drug-likeness (QED) is 0.691. The summed E-state index contributed by atoms with van der Waals surface area (Å²) in [7, 11) is 2.05. The first-order valence-corrected chi connectivity index (χ1v) is 8.67. The number of anilines is 1. The summed E-state index contributed by atoms with van der Waals surface area (Å²) in [5.41, 5.74) is 0.794. The van der Waals surface area contributed by atoms with Crippen molar-refractivity contribution in [2.45, 2.75) is 32.7 Å². The molecule has 0 bridgehead atoms. The van der Waals surface area contributed by atoms with Crippen LogP contribution in [0.15, 0.2) is 5.38 Å². The molecular formula is C13H22N2O2S2. The van der Waals surface area contributed by atoms with E-state index in [-0.39, 0.29) is 12.4 Å². The Labute approximate surface area is 123 Å². The van der Waals surface area contributed by atoms with Gasteiger partial charge in [0.1, 0.15) is 0 Å². The lowest BCUT2D eigenvalue weighted by atomic mass is 10.2. The number of aromatic nitrogens is 1. The fourth-order valence-corrected chi connectivity index (χ4v) is 3.04. The lowest BCUT2D eigenvalue weighted by Gasteiger charge is -2.23. The summed E-state index contributed by atoms with van der Waals surface area (Å²) < 4.78 is 4.93. The monoisotopic (exact) mass is 302 g/mol. The molecule has 0 aliphatic carbocycles. The van der Waals surface area contributed by atoms with Crippen LogP contribution < -0.4 is 4.90 Å². The van der Waals surface area contributed by atoms with Gasteiger partial charge in [-0.25, -0.2) is 4.98 Å². The van der Waals surface area contributed by atoms with Crippen LogP contribution in [-0.2, 0) is 16.0 Å². The highest BCUT2D eigenvalue weighted by atomic mass is 32.2. The van der Waals surface area contributed by atoms with Crippen LogP contribution in [0, 0.1) is 0 Å². The largest absolute Gasteiger partial charge is 0.466 e. The Kier molecular flexibility index (Phi) is 7.23. The Morgan fingerprint density at radius 2 is 2.37 bits per heavy atom. The van der Waals surface area contributed by atoms with Gasteiger partial charge in [0, 0.05) is 18.5 Å². The summed E-state index contributed by atoms with van der Waals surface area (Å²) in [6.07, 6.45) is 3.51. The van der Waals surface area contributed by atoms with Gasteiger partial charge in [0.25, 0.3) is 0 Å². The molecule has 0 fully saturated rings. The van der Waals surface area contributed by atoms with E-state index < -0.39 is 0 Å². The van der Waals surface area contributed by atoms with Crippen LogP contribution in [0.2, 0.25) is 0 Å². The number of ether oxygens (including phenoxy) is 1. The van der Waals surface area contributed by atoms with Crippen LogP contribution in [0.5, 0.6) is 0 Å². The van der Waals surface area contributed by atoms with Crippen LogP contribution in [0.4, 0.5) is 5.13 Å². The first-order chi connectivity index (χ1) is 9.08. The second-order valence-corrected chi connectivity index (χ2v) is 6.17. The van der Waals surface area contributed by atoms with E-state index in [2.05, 4.69) is 30.1 Å². The summed E-state index contributed by atoms with van der Waals surface area (Å²) in [5, 5.41) is 2.90. The van der Waals surface area contributed by atoms with Crippen molar-refractivity contribution in [3.63, 3.8) is 0 Å². The minimum absolute atomic E-state index is 0.211. The summed E-state index contributed by atoms with van der Waals surface area (Å²) in [4.78, 5) is 18.1. The van der Waals surface area contributed by atoms with Crippen molar-refractivity contribution in [3.05, 3.63) is 11.1 Å². The maximum absolute atomic E-state index is 11.4. The molecule has 6 heteroatoms. The van der Waals surface area contributed by atoms with Crippen molar-refractivity contribution in [3.8, 4) is 0 Å². The van der Waals surface area contributed by atoms with E-state index in [1.807, 2.05) is 24.1 Å². The Bertz CT molecular complexity index is 396. The number of esters is 1. The van der Waals surface area contributed by atoms with E-state index in [0.717, 1.165) is 23.0 Å². The van der Waals surface area contributed by atoms with Crippen LogP contribution in [0.25, 0.3) is 0 Å². The molecule has 1 aromatic rings. The number of hydrogen-bond acceptors (Lipinski definition) is 6. The lowest BCUT2D eigenvalue weighted by molar-refractivity contribution is -0.142. The molecule has 1 atom stereocenters. The van der Waals surface area contributed by atoms with Crippen LogP contribution in [0.3, 0.4) is 0 Å². The van der Waals surface area contributed by atoms with Gasteiger partial charge in [-0.1, -0.05) is 0 Å².